The summed E-state index contributed by atoms with van der Waals surface area (Å²) in [5.74, 6) is 0.339. The lowest BCUT2D eigenvalue weighted by molar-refractivity contribution is 0.0945. The molecule has 2 unspecified atom stereocenters. The van der Waals surface area contributed by atoms with Crippen molar-refractivity contribution in [2.45, 2.75) is 24.1 Å². The molecule has 1 fully saturated rings. The van der Waals surface area contributed by atoms with Gasteiger partial charge in [0.1, 0.15) is 5.75 Å². The van der Waals surface area contributed by atoms with Crippen LogP contribution in [0, 0.1) is 5.92 Å². The van der Waals surface area contributed by atoms with E-state index in [-0.39, 0.29) is 11.7 Å². The Hall–Kier alpha value is -1.03. The molecule has 2 atom stereocenters. The van der Waals surface area contributed by atoms with E-state index in [0.717, 1.165) is 6.42 Å². The molecule has 17 heavy (non-hydrogen) atoms. The van der Waals surface area contributed by atoms with Crippen LogP contribution in [0.25, 0.3) is 0 Å². The van der Waals surface area contributed by atoms with Gasteiger partial charge in [-0.05, 0) is 30.9 Å². The molecule has 0 aliphatic heterocycles. The fourth-order valence-electron chi connectivity index (χ4n) is 2.21. The van der Waals surface area contributed by atoms with Gasteiger partial charge < -0.3 is 10.4 Å². The second kappa shape index (κ2) is 5.54. The molecule has 1 aromatic rings. The van der Waals surface area contributed by atoms with Gasteiger partial charge in [0.25, 0.3) is 5.91 Å². The van der Waals surface area contributed by atoms with Crippen LogP contribution in [0.2, 0.25) is 0 Å². The van der Waals surface area contributed by atoms with Gasteiger partial charge in [-0.25, -0.2) is 0 Å². The number of rotatable bonds is 3. The highest BCUT2D eigenvalue weighted by Gasteiger charge is 2.25. The van der Waals surface area contributed by atoms with Crippen LogP contribution in [0.1, 0.15) is 29.6 Å². The third-order valence-corrected chi connectivity index (χ3v) is 4.45. The zero-order valence-corrected chi connectivity index (χ0v) is 11.1. The highest BCUT2D eigenvalue weighted by Crippen LogP contribution is 2.30. The minimum absolute atomic E-state index is 0.0341. The zero-order chi connectivity index (χ0) is 12.3. The van der Waals surface area contributed by atoms with Crippen LogP contribution in [0.4, 0.5) is 0 Å². The molecule has 1 aromatic carbocycles. The maximum atomic E-state index is 11.8. The number of carbonyl (C=O) groups excluding carboxylic acids is 1. The Labute approximate surface area is 109 Å². The van der Waals surface area contributed by atoms with E-state index in [1.54, 1.807) is 18.2 Å². The fourth-order valence-corrected chi connectivity index (χ4v) is 2.98. The number of phenols is 1. The van der Waals surface area contributed by atoms with Crippen LogP contribution >= 0.6 is 15.9 Å². The maximum Gasteiger partial charge on any atom is 0.255 e. The Bertz CT molecular complexity index is 408. The summed E-state index contributed by atoms with van der Waals surface area (Å²) >= 11 is 3.62. The van der Waals surface area contributed by atoms with Crippen LogP contribution < -0.4 is 5.32 Å². The van der Waals surface area contributed by atoms with Crippen molar-refractivity contribution in [3.63, 3.8) is 0 Å². The smallest absolute Gasteiger partial charge is 0.255 e. The summed E-state index contributed by atoms with van der Waals surface area (Å²) in [6, 6.07) is 6.61. The molecule has 1 aliphatic carbocycles. The van der Waals surface area contributed by atoms with Crippen LogP contribution in [0.5, 0.6) is 5.75 Å². The van der Waals surface area contributed by atoms with Crippen molar-refractivity contribution in [2.24, 2.45) is 5.92 Å². The molecule has 2 N–H and O–H groups in total. The largest absolute Gasteiger partial charge is 0.507 e. The van der Waals surface area contributed by atoms with Gasteiger partial charge in [0.05, 0.1) is 5.56 Å². The summed E-state index contributed by atoms with van der Waals surface area (Å²) in [5, 5.41) is 12.4. The first kappa shape index (κ1) is 12.4. The Balaban J connectivity index is 1.91. The normalized spacial score (nSPS) is 23.6. The fraction of sp³-hybridized carbons (Fsp3) is 0.462. The van der Waals surface area contributed by atoms with Crippen LogP contribution in [-0.4, -0.2) is 22.4 Å². The van der Waals surface area contributed by atoms with Gasteiger partial charge in [0.2, 0.25) is 0 Å². The van der Waals surface area contributed by atoms with Gasteiger partial charge in [0, 0.05) is 11.4 Å². The van der Waals surface area contributed by atoms with Crippen LogP contribution in [0.15, 0.2) is 24.3 Å². The van der Waals surface area contributed by atoms with E-state index in [0.29, 0.717) is 22.9 Å². The molecule has 1 aliphatic rings. The van der Waals surface area contributed by atoms with Crippen molar-refractivity contribution in [1.29, 1.82) is 0 Å². The molecule has 2 rings (SSSR count). The van der Waals surface area contributed by atoms with Crippen molar-refractivity contribution in [1.82, 2.24) is 5.32 Å². The summed E-state index contributed by atoms with van der Waals surface area (Å²) < 4.78 is 0. The highest BCUT2D eigenvalue weighted by atomic mass is 79.9. The van der Waals surface area contributed by atoms with E-state index in [1.807, 2.05) is 0 Å². The number of amides is 1. The molecule has 0 aromatic heterocycles. The summed E-state index contributed by atoms with van der Waals surface area (Å²) in [6.45, 7) is 0.670. The average Bonchev–Trinajstić information content (AvgIpc) is 2.72. The number of phenolic OH excluding ortho intramolecular Hbond substituents is 1. The molecule has 1 saturated carbocycles. The standard InChI is InChI=1S/C13H16BrNO2/c14-11-6-3-4-9(11)8-15-13(17)10-5-1-2-7-12(10)16/h1-2,5,7,9,11,16H,3-4,6,8H2,(H,15,17). The molecular weight excluding hydrogens is 282 g/mol. The molecular formula is C13H16BrNO2. The second-order valence-electron chi connectivity index (χ2n) is 4.43. The number of para-hydroxylation sites is 1. The monoisotopic (exact) mass is 297 g/mol. The number of hydrogen-bond acceptors (Lipinski definition) is 2. The minimum atomic E-state index is -0.199. The summed E-state index contributed by atoms with van der Waals surface area (Å²) in [4.78, 5) is 12.3. The SMILES string of the molecule is O=C(NCC1CCCC1Br)c1ccccc1O. The molecule has 0 saturated heterocycles. The van der Waals surface area contributed by atoms with Gasteiger partial charge in [-0.1, -0.05) is 34.5 Å². The highest BCUT2D eigenvalue weighted by molar-refractivity contribution is 9.09. The Morgan fingerprint density at radius 2 is 2.18 bits per heavy atom. The maximum absolute atomic E-state index is 11.8. The molecule has 4 heteroatoms. The van der Waals surface area contributed by atoms with E-state index in [1.165, 1.54) is 18.9 Å². The Morgan fingerprint density at radius 1 is 1.41 bits per heavy atom. The first-order valence-electron chi connectivity index (χ1n) is 5.88. The van der Waals surface area contributed by atoms with Crippen molar-refractivity contribution in [3.05, 3.63) is 29.8 Å². The van der Waals surface area contributed by atoms with E-state index < -0.39 is 0 Å². The number of halogens is 1. The third kappa shape index (κ3) is 3.00. The van der Waals surface area contributed by atoms with Crippen molar-refractivity contribution in [3.8, 4) is 5.75 Å². The molecule has 0 spiro atoms. The number of hydrogen-bond donors (Lipinski definition) is 2. The topological polar surface area (TPSA) is 49.3 Å². The Kier molecular flexibility index (Phi) is 4.05. The first-order valence-corrected chi connectivity index (χ1v) is 6.80. The molecule has 0 heterocycles. The molecule has 92 valence electrons. The van der Waals surface area contributed by atoms with Gasteiger partial charge in [-0.2, -0.15) is 0 Å². The quantitative estimate of drug-likeness (QED) is 0.843. The summed E-state index contributed by atoms with van der Waals surface area (Å²) in [5.41, 5.74) is 0.344. The lowest BCUT2D eigenvalue weighted by Crippen LogP contribution is -2.30. The van der Waals surface area contributed by atoms with E-state index in [4.69, 9.17) is 0 Å². The Morgan fingerprint density at radius 3 is 2.82 bits per heavy atom. The number of alkyl halides is 1. The molecule has 0 radical (unpaired) electrons. The van der Waals surface area contributed by atoms with E-state index >= 15 is 0 Å². The first-order chi connectivity index (χ1) is 8.18. The van der Waals surface area contributed by atoms with E-state index in [2.05, 4.69) is 21.2 Å². The molecule has 0 bridgehead atoms. The third-order valence-electron chi connectivity index (χ3n) is 3.24. The van der Waals surface area contributed by atoms with Crippen molar-refractivity contribution < 1.29 is 9.90 Å². The number of carbonyl (C=O) groups is 1. The van der Waals surface area contributed by atoms with Crippen molar-refractivity contribution in [2.75, 3.05) is 6.54 Å². The number of aromatic hydroxyl groups is 1. The van der Waals surface area contributed by atoms with Gasteiger partial charge >= 0.3 is 0 Å². The zero-order valence-electron chi connectivity index (χ0n) is 9.53. The lowest BCUT2D eigenvalue weighted by Gasteiger charge is -2.14. The predicted octanol–water partition coefficient (Wildman–Crippen LogP) is 2.69. The van der Waals surface area contributed by atoms with Crippen LogP contribution in [0.3, 0.4) is 0 Å². The molecule has 3 nitrogen and oxygen atoms in total. The summed E-state index contributed by atoms with van der Waals surface area (Å²) in [6.07, 6.45) is 3.54. The predicted molar refractivity (Wildman–Crippen MR) is 70.5 cm³/mol. The number of nitrogens with one attached hydrogen (secondary N) is 1. The lowest BCUT2D eigenvalue weighted by atomic mass is 10.1. The average molecular weight is 298 g/mol. The van der Waals surface area contributed by atoms with Gasteiger partial charge in [-0.3, -0.25) is 4.79 Å². The van der Waals surface area contributed by atoms with Crippen molar-refractivity contribution >= 4 is 21.8 Å². The number of benzene rings is 1. The van der Waals surface area contributed by atoms with Crippen LogP contribution in [-0.2, 0) is 0 Å². The summed E-state index contributed by atoms with van der Waals surface area (Å²) in [7, 11) is 0. The molecule has 1 amide bonds. The second-order valence-corrected chi connectivity index (χ2v) is 5.61. The van der Waals surface area contributed by atoms with E-state index in [9.17, 15) is 9.90 Å². The van der Waals surface area contributed by atoms with Gasteiger partial charge in [-0.15, -0.1) is 0 Å². The minimum Gasteiger partial charge on any atom is -0.507 e. The van der Waals surface area contributed by atoms with Gasteiger partial charge in [0.15, 0.2) is 0 Å².